The number of nitrogens with one attached hydrogen (secondary N) is 1. The van der Waals surface area contributed by atoms with E-state index < -0.39 is 5.41 Å². The molecule has 1 aromatic heterocycles. The molecular weight excluding hydrogens is 188 g/mol. The summed E-state index contributed by atoms with van der Waals surface area (Å²) in [6, 6.07) is 2.01. The number of hydrogen-bond donors (Lipinski definition) is 1. The highest BCUT2D eigenvalue weighted by Crippen LogP contribution is 2.45. The van der Waals surface area contributed by atoms with Gasteiger partial charge in [0, 0.05) is 0 Å². The molecule has 2 rings (SSSR count). The molecule has 0 unspecified atom stereocenters. The lowest BCUT2D eigenvalue weighted by Crippen LogP contribution is -2.22. The summed E-state index contributed by atoms with van der Waals surface area (Å²) < 4.78 is 3.60. The quantitative estimate of drug-likeness (QED) is 0.754. The fourth-order valence-corrected chi connectivity index (χ4v) is 1.36. The van der Waals surface area contributed by atoms with Crippen LogP contribution in [0.25, 0.3) is 0 Å². The third-order valence-corrected chi connectivity index (χ3v) is 2.50. The van der Waals surface area contributed by atoms with Crippen LogP contribution in [0.4, 0.5) is 5.82 Å². The van der Waals surface area contributed by atoms with Crippen LogP contribution in [0.15, 0.2) is 5.38 Å². The summed E-state index contributed by atoms with van der Waals surface area (Å²) in [6.45, 7) is 0. The molecule has 66 valence electrons. The first kappa shape index (κ1) is 8.13. The maximum atomic E-state index is 11.4. The van der Waals surface area contributed by atoms with Crippen LogP contribution in [0.1, 0.15) is 12.8 Å². The third kappa shape index (κ3) is 1.38. The van der Waals surface area contributed by atoms with E-state index >= 15 is 0 Å². The summed E-state index contributed by atoms with van der Waals surface area (Å²) in [7, 11) is 0. The van der Waals surface area contributed by atoms with Crippen molar-refractivity contribution in [2.75, 3.05) is 5.32 Å². The van der Waals surface area contributed by atoms with Gasteiger partial charge < -0.3 is 5.32 Å². The number of anilines is 1. The standard InChI is InChI=1S/C7H6N4OS/c8-4-7(1-2-7)6(12)9-5-3-13-11-10-5/h3H,1-2H2,(H,9,12). The monoisotopic (exact) mass is 194 g/mol. The number of carbonyl (C=O) groups excluding carboxylic acids is 1. The molecule has 1 heterocycles. The fourth-order valence-electron chi connectivity index (χ4n) is 0.970. The Morgan fingerprint density at radius 3 is 3.00 bits per heavy atom. The number of carbonyl (C=O) groups is 1. The van der Waals surface area contributed by atoms with Gasteiger partial charge in [0.2, 0.25) is 5.91 Å². The van der Waals surface area contributed by atoms with E-state index in [0.29, 0.717) is 18.7 Å². The van der Waals surface area contributed by atoms with Gasteiger partial charge in [-0.25, -0.2) is 0 Å². The Hall–Kier alpha value is -1.48. The largest absolute Gasteiger partial charge is 0.307 e. The Bertz CT molecular complexity index is 362. The Balaban J connectivity index is 2.05. The van der Waals surface area contributed by atoms with E-state index in [2.05, 4.69) is 14.9 Å². The van der Waals surface area contributed by atoms with Gasteiger partial charge in [0.25, 0.3) is 0 Å². The van der Waals surface area contributed by atoms with Crippen LogP contribution in [0.5, 0.6) is 0 Å². The van der Waals surface area contributed by atoms with Crippen molar-refractivity contribution < 1.29 is 4.79 Å². The summed E-state index contributed by atoms with van der Waals surface area (Å²) in [4.78, 5) is 11.4. The van der Waals surface area contributed by atoms with E-state index in [-0.39, 0.29) is 5.91 Å². The van der Waals surface area contributed by atoms with Crippen LogP contribution in [0, 0.1) is 16.7 Å². The topological polar surface area (TPSA) is 78.7 Å². The number of aromatic nitrogens is 2. The molecule has 0 radical (unpaired) electrons. The molecule has 0 bridgehead atoms. The van der Waals surface area contributed by atoms with E-state index in [1.54, 1.807) is 5.38 Å². The van der Waals surface area contributed by atoms with Gasteiger partial charge in [0.05, 0.1) is 11.4 Å². The molecule has 1 saturated carbocycles. The molecule has 1 fully saturated rings. The zero-order chi connectivity index (χ0) is 9.31. The van der Waals surface area contributed by atoms with E-state index in [1.165, 1.54) is 0 Å². The van der Waals surface area contributed by atoms with Crippen molar-refractivity contribution in [2.45, 2.75) is 12.8 Å². The van der Waals surface area contributed by atoms with E-state index in [9.17, 15) is 4.79 Å². The second-order valence-corrected chi connectivity index (χ2v) is 3.55. The van der Waals surface area contributed by atoms with Crippen LogP contribution in [0.3, 0.4) is 0 Å². The first-order valence-electron chi connectivity index (χ1n) is 3.77. The SMILES string of the molecule is N#CC1(C(=O)Nc2csnn2)CC1. The highest BCUT2D eigenvalue weighted by Gasteiger charge is 2.50. The van der Waals surface area contributed by atoms with Gasteiger partial charge in [-0.15, -0.1) is 5.10 Å². The Morgan fingerprint density at radius 1 is 1.77 bits per heavy atom. The molecule has 5 nitrogen and oxygen atoms in total. The van der Waals surface area contributed by atoms with Crippen molar-refractivity contribution in [3.05, 3.63) is 5.38 Å². The number of amides is 1. The smallest absolute Gasteiger partial charge is 0.246 e. The van der Waals surface area contributed by atoms with Gasteiger partial charge in [0.1, 0.15) is 5.41 Å². The van der Waals surface area contributed by atoms with E-state index in [4.69, 9.17) is 5.26 Å². The van der Waals surface area contributed by atoms with Gasteiger partial charge in [-0.05, 0) is 24.4 Å². The minimum Gasteiger partial charge on any atom is -0.307 e. The molecule has 1 aromatic rings. The lowest BCUT2D eigenvalue weighted by atomic mass is 10.1. The second kappa shape index (κ2) is 2.78. The molecule has 0 saturated heterocycles. The third-order valence-electron chi connectivity index (χ3n) is 2.00. The van der Waals surface area contributed by atoms with Crippen LogP contribution in [0.2, 0.25) is 0 Å². The van der Waals surface area contributed by atoms with Crippen molar-refractivity contribution in [1.82, 2.24) is 9.59 Å². The first-order valence-corrected chi connectivity index (χ1v) is 4.60. The number of nitriles is 1. The van der Waals surface area contributed by atoms with Gasteiger partial charge in [0.15, 0.2) is 5.82 Å². The summed E-state index contributed by atoms with van der Waals surface area (Å²) in [5.74, 6) is 0.166. The summed E-state index contributed by atoms with van der Waals surface area (Å²) in [6.07, 6.45) is 1.29. The lowest BCUT2D eigenvalue weighted by molar-refractivity contribution is -0.119. The molecule has 13 heavy (non-hydrogen) atoms. The van der Waals surface area contributed by atoms with Crippen molar-refractivity contribution in [3.63, 3.8) is 0 Å². The normalized spacial score (nSPS) is 17.5. The first-order chi connectivity index (χ1) is 6.27. The molecule has 1 N–H and O–H groups in total. The van der Waals surface area contributed by atoms with Gasteiger partial charge >= 0.3 is 0 Å². The predicted octanol–water partition coefficient (Wildman–Crippen LogP) is 0.780. The van der Waals surface area contributed by atoms with Crippen molar-refractivity contribution in [3.8, 4) is 6.07 Å². The minimum absolute atomic E-state index is 0.261. The van der Waals surface area contributed by atoms with Gasteiger partial charge in [-0.3, -0.25) is 4.79 Å². The van der Waals surface area contributed by atoms with Gasteiger partial charge in [-0.1, -0.05) is 4.49 Å². The number of rotatable bonds is 2. The zero-order valence-corrected chi connectivity index (χ0v) is 7.47. The average Bonchev–Trinajstić information content (AvgIpc) is 2.79. The second-order valence-electron chi connectivity index (χ2n) is 2.94. The maximum Gasteiger partial charge on any atom is 0.246 e. The molecule has 6 heteroatoms. The summed E-state index contributed by atoms with van der Waals surface area (Å²) >= 11 is 1.16. The molecule has 1 amide bonds. The molecule has 0 aliphatic heterocycles. The minimum atomic E-state index is -0.788. The fraction of sp³-hybridized carbons (Fsp3) is 0.429. The van der Waals surface area contributed by atoms with Crippen LogP contribution in [-0.4, -0.2) is 15.5 Å². The highest BCUT2D eigenvalue weighted by molar-refractivity contribution is 7.03. The lowest BCUT2D eigenvalue weighted by Gasteiger charge is -2.03. The maximum absolute atomic E-state index is 11.4. The predicted molar refractivity (Wildman–Crippen MR) is 45.8 cm³/mol. The zero-order valence-electron chi connectivity index (χ0n) is 6.65. The Kier molecular flexibility index (Phi) is 1.74. The Morgan fingerprint density at radius 2 is 2.54 bits per heavy atom. The molecule has 1 aliphatic rings. The molecular formula is C7H6N4OS. The Labute approximate surface area is 78.5 Å². The van der Waals surface area contributed by atoms with Gasteiger partial charge in [-0.2, -0.15) is 5.26 Å². The molecule has 0 spiro atoms. The highest BCUT2D eigenvalue weighted by atomic mass is 32.1. The van der Waals surface area contributed by atoms with Crippen LogP contribution >= 0.6 is 11.5 Å². The van der Waals surface area contributed by atoms with Crippen molar-refractivity contribution in [1.29, 1.82) is 5.26 Å². The number of hydrogen-bond acceptors (Lipinski definition) is 5. The number of nitrogens with zero attached hydrogens (tertiary/aromatic N) is 3. The van der Waals surface area contributed by atoms with Crippen LogP contribution in [-0.2, 0) is 4.79 Å². The average molecular weight is 194 g/mol. The van der Waals surface area contributed by atoms with Crippen LogP contribution < -0.4 is 5.32 Å². The van der Waals surface area contributed by atoms with E-state index in [1.807, 2.05) is 6.07 Å². The molecule has 0 atom stereocenters. The van der Waals surface area contributed by atoms with E-state index in [0.717, 1.165) is 11.5 Å². The van der Waals surface area contributed by atoms with Crippen molar-refractivity contribution in [2.24, 2.45) is 5.41 Å². The molecule has 0 aromatic carbocycles. The summed E-state index contributed by atoms with van der Waals surface area (Å²) in [5, 5.41) is 16.6. The van der Waals surface area contributed by atoms with Crippen molar-refractivity contribution >= 4 is 23.3 Å². The summed E-state index contributed by atoms with van der Waals surface area (Å²) in [5.41, 5.74) is -0.788. The molecule has 1 aliphatic carbocycles.